The second-order valence-electron chi connectivity index (χ2n) is 5.70. The van der Waals surface area contributed by atoms with E-state index in [9.17, 15) is 9.59 Å². The molecule has 2 N–H and O–H groups in total. The highest BCUT2D eigenvalue weighted by molar-refractivity contribution is 5.97. The fraction of sp³-hybridized carbons (Fsp3) is 0.333. The molecular formula is C15H18N6O2. The number of hydrogen-bond acceptors (Lipinski definition) is 5. The molecule has 3 heterocycles. The molecular weight excluding hydrogens is 296 g/mol. The van der Waals surface area contributed by atoms with E-state index in [0.717, 1.165) is 11.1 Å². The summed E-state index contributed by atoms with van der Waals surface area (Å²) < 4.78 is 1.21. The standard InChI is InChI=1S/C15H18N6O2/c1-19(2)15(23)20-4-3-12-10(8-20)5-17-7-13(12)14(22)21-9-11(16)6-18-21/h5-7,9H,3-4,8,16H2,1-2H3. The monoisotopic (exact) mass is 314 g/mol. The molecule has 8 nitrogen and oxygen atoms in total. The molecule has 3 rings (SSSR count). The Balaban J connectivity index is 1.91. The number of pyridine rings is 1. The number of urea groups is 1. The fourth-order valence-electron chi connectivity index (χ4n) is 2.70. The third-order valence-electron chi connectivity index (χ3n) is 3.83. The third-order valence-corrected chi connectivity index (χ3v) is 3.83. The fourth-order valence-corrected chi connectivity index (χ4v) is 2.70. The Hall–Kier alpha value is -2.90. The number of hydrogen-bond donors (Lipinski definition) is 1. The summed E-state index contributed by atoms with van der Waals surface area (Å²) in [5, 5.41) is 3.95. The van der Waals surface area contributed by atoms with Gasteiger partial charge in [0, 0.05) is 39.6 Å². The molecule has 0 saturated heterocycles. The van der Waals surface area contributed by atoms with Crippen LogP contribution in [0, 0.1) is 0 Å². The molecule has 8 heteroatoms. The lowest BCUT2D eigenvalue weighted by Crippen LogP contribution is -2.42. The number of aromatic nitrogens is 3. The van der Waals surface area contributed by atoms with Gasteiger partial charge < -0.3 is 15.5 Å². The molecule has 23 heavy (non-hydrogen) atoms. The van der Waals surface area contributed by atoms with Crippen molar-refractivity contribution in [1.29, 1.82) is 0 Å². The number of carbonyl (C=O) groups excluding carboxylic acids is 2. The minimum atomic E-state index is -0.265. The van der Waals surface area contributed by atoms with E-state index in [1.54, 1.807) is 36.3 Å². The van der Waals surface area contributed by atoms with Crippen LogP contribution < -0.4 is 5.73 Å². The maximum absolute atomic E-state index is 12.6. The van der Waals surface area contributed by atoms with Crippen molar-refractivity contribution in [2.75, 3.05) is 26.4 Å². The van der Waals surface area contributed by atoms with Gasteiger partial charge in [-0.3, -0.25) is 9.78 Å². The van der Waals surface area contributed by atoms with Gasteiger partial charge in [0.05, 0.1) is 23.6 Å². The SMILES string of the molecule is CN(C)C(=O)N1CCc2c(cncc2C(=O)n2cc(N)cn2)C1. The van der Waals surface area contributed by atoms with Crippen molar-refractivity contribution >= 4 is 17.6 Å². The molecule has 1 aliphatic heterocycles. The zero-order valence-corrected chi connectivity index (χ0v) is 13.1. The quantitative estimate of drug-likeness (QED) is 0.831. The number of nitrogens with zero attached hydrogens (tertiary/aromatic N) is 5. The molecule has 1 aliphatic rings. The van der Waals surface area contributed by atoms with Crippen molar-refractivity contribution in [1.82, 2.24) is 24.6 Å². The number of anilines is 1. The molecule has 0 saturated carbocycles. The molecule has 0 fully saturated rings. The maximum atomic E-state index is 12.6. The van der Waals surface area contributed by atoms with Crippen molar-refractivity contribution in [3.05, 3.63) is 41.5 Å². The summed E-state index contributed by atoms with van der Waals surface area (Å²) in [4.78, 5) is 32.1. The summed E-state index contributed by atoms with van der Waals surface area (Å²) in [7, 11) is 3.44. The van der Waals surface area contributed by atoms with Gasteiger partial charge in [0.2, 0.25) is 0 Å². The van der Waals surface area contributed by atoms with Crippen LogP contribution in [-0.2, 0) is 13.0 Å². The number of fused-ring (bicyclic) bond motifs is 1. The van der Waals surface area contributed by atoms with Gasteiger partial charge in [0.25, 0.3) is 5.91 Å². The Labute approximate surface area is 133 Å². The number of carbonyl (C=O) groups is 2. The number of nitrogens with two attached hydrogens (primary N) is 1. The second kappa shape index (κ2) is 5.71. The van der Waals surface area contributed by atoms with E-state index in [0.29, 0.717) is 30.8 Å². The van der Waals surface area contributed by atoms with Crippen LogP contribution in [0.5, 0.6) is 0 Å². The minimum absolute atomic E-state index is 0.0489. The summed E-state index contributed by atoms with van der Waals surface area (Å²) >= 11 is 0. The first-order valence-corrected chi connectivity index (χ1v) is 7.24. The summed E-state index contributed by atoms with van der Waals surface area (Å²) in [6, 6.07) is -0.0489. The average molecular weight is 314 g/mol. The van der Waals surface area contributed by atoms with Crippen molar-refractivity contribution in [3.8, 4) is 0 Å². The zero-order chi connectivity index (χ0) is 16.6. The summed E-state index contributed by atoms with van der Waals surface area (Å²) in [6.07, 6.45) is 6.76. The van der Waals surface area contributed by atoms with Gasteiger partial charge in [-0.1, -0.05) is 0 Å². The van der Waals surface area contributed by atoms with Crippen molar-refractivity contribution < 1.29 is 9.59 Å². The van der Waals surface area contributed by atoms with Crippen LogP contribution in [0.15, 0.2) is 24.8 Å². The van der Waals surface area contributed by atoms with Crippen LogP contribution in [0.25, 0.3) is 0 Å². The molecule has 0 spiro atoms. The summed E-state index contributed by atoms with van der Waals surface area (Å²) in [5.41, 5.74) is 8.35. The smallest absolute Gasteiger partial charge is 0.319 e. The van der Waals surface area contributed by atoms with Crippen LogP contribution in [0.2, 0.25) is 0 Å². The highest BCUT2D eigenvalue weighted by Crippen LogP contribution is 2.23. The van der Waals surface area contributed by atoms with Crippen LogP contribution in [-0.4, -0.2) is 57.1 Å². The predicted molar refractivity (Wildman–Crippen MR) is 83.8 cm³/mol. The molecule has 2 aromatic heterocycles. The van der Waals surface area contributed by atoms with Gasteiger partial charge in [-0.15, -0.1) is 0 Å². The second-order valence-corrected chi connectivity index (χ2v) is 5.70. The molecule has 0 radical (unpaired) electrons. The molecule has 120 valence electrons. The van der Waals surface area contributed by atoms with Gasteiger partial charge >= 0.3 is 6.03 Å². The average Bonchev–Trinajstić information content (AvgIpc) is 2.98. The van der Waals surface area contributed by atoms with Crippen molar-refractivity contribution in [2.24, 2.45) is 0 Å². The van der Waals surface area contributed by atoms with Gasteiger partial charge in [-0.2, -0.15) is 5.10 Å². The lowest BCUT2D eigenvalue weighted by molar-refractivity contribution is 0.0943. The Bertz CT molecular complexity index is 767. The largest absolute Gasteiger partial charge is 0.396 e. The highest BCUT2D eigenvalue weighted by Gasteiger charge is 2.26. The van der Waals surface area contributed by atoms with Crippen LogP contribution >= 0.6 is 0 Å². The van der Waals surface area contributed by atoms with E-state index < -0.39 is 0 Å². The summed E-state index contributed by atoms with van der Waals surface area (Å²) in [5.74, 6) is -0.265. The number of rotatable bonds is 1. The normalized spacial score (nSPS) is 13.6. The Morgan fingerprint density at radius 2 is 2.04 bits per heavy atom. The van der Waals surface area contributed by atoms with E-state index >= 15 is 0 Å². The first kappa shape index (κ1) is 15.0. The lowest BCUT2D eigenvalue weighted by Gasteiger charge is -2.31. The molecule has 0 atom stereocenters. The zero-order valence-electron chi connectivity index (χ0n) is 13.1. The summed E-state index contributed by atoms with van der Waals surface area (Å²) in [6.45, 7) is 1.01. The van der Waals surface area contributed by atoms with Crippen LogP contribution in [0.4, 0.5) is 10.5 Å². The van der Waals surface area contributed by atoms with E-state index in [-0.39, 0.29) is 11.9 Å². The molecule has 0 bridgehead atoms. The third kappa shape index (κ3) is 2.75. The molecule has 2 amide bonds. The van der Waals surface area contributed by atoms with E-state index in [1.165, 1.54) is 17.1 Å². The van der Waals surface area contributed by atoms with Crippen molar-refractivity contribution in [3.63, 3.8) is 0 Å². The van der Waals surface area contributed by atoms with Gasteiger partial charge in [-0.25, -0.2) is 9.48 Å². The van der Waals surface area contributed by atoms with E-state index in [4.69, 9.17) is 5.73 Å². The minimum Gasteiger partial charge on any atom is -0.396 e. The van der Waals surface area contributed by atoms with Gasteiger partial charge in [0.15, 0.2) is 0 Å². The maximum Gasteiger partial charge on any atom is 0.319 e. The molecule has 2 aromatic rings. The first-order valence-electron chi connectivity index (χ1n) is 7.24. The predicted octanol–water partition coefficient (Wildman–Crippen LogP) is 0.588. The number of nitrogen functional groups attached to an aromatic ring is 1. The number of amides is 2. The Morgan fingerprint density at radius 1 is 1.26 bits per heavy atom. The van der Waals surface area contributed by atoms with Gasteiger partial charge in [0.1, 0.15) is 0 Å². The lowest BCUT2D eigenvalue weighted by atomic mass is 9.97. The van der Waals surface area contributed by atoms with Crippen LogP contribution in [0.3, 0.4) is 0 Å². The molecule has 0 aliphatic carbocycles. The topological polar surface area (TPSA) is 97.4 Å². The van der Waals surface area contributed by atoms with Crippen LogP contribution in [0.1, 0.15) is 21.5 Å². The van der Waals surface area contributed by atoms with Crippen molar-refractivity contribution in [2.45, 2.75) is 13.0 Å². The molecule has 0 unspecified atom stereocenters. The Kier molecular flexibility index (Phi) is 3.73. The molecule has 0 aromatic carbocycles. The van der Waals surface area contributed by atoms with E-state index in [2.05, 4.69) is 10.1 Å². The first-order chi connectivity index (χ1) is 11.0. The Morgan fingerprint density at radius 3 is 2.70 bits per heavy atom. The highest BCUT2D eigenvalue weighted by atomic mass is 16.2. The van der Waals surface area contributed by atoms with Gasteiger partial charge in [-0.05, 0) is 17.5 Å². The van der Waals surface area contributed by atoms with E-state index in [1.807, 2.05) is 0 Å².